The van der Waals surface area contributed by atoms with Crippen molar-refractivity contribution in [2.75, 3.05) is 0 Å². The highest BCUT2D eigenvalue weighted by molar-refractivity contribution is 7.80. The normalized spacial score (nSPS) is 11.3. The average Bonchev–Trinajstić information content (AvgIpc) is 2.90. The van der Waals surface area contributed by atoms with Crippen LogP contribution in [-0.2, 0) is 0 Å². The summed E-state index contributed by atoms with van der Waals surface area (Å²) in [6, 6.07) is 50.8. The number of hydrogen-bond acceptors (Lipinski definition) is 0. The van der Waals surface area contributed by atoms with Gasteiger partial charge in [0, 0.05) is 0 Å². The molecule has 33 heavy (non-hydrogen) atoms. The predicted molar refractivity (Wildman–Crippen MR) is 146 cm³/mol. The molecule has 0 unspecified atom stereocenters. The molecule has 0 spiro atoms. The molecule has 6 aromatic rings. The third-order valence-corrected chi connectivity index (χ3v) is 8.72. The lowest BCUT2D eigenvalue weighted by molar-refractivity contribution is 1.70. The van der Waals surface area contributed by atoms with Crippen molar-refractivity contribution >= 4 is 45.4 Å². The molecule has 0 radical (unpaired) electrons. The first-order chi connectivity index (χ1) is 16.4. The highest BCUT2D eigenvalue weighted by Gasteiger charge is 2.22. The monoisotopic (exact) mass is 438 g/mol. The Morgan fingerprint density at radius 2 is 0.879 bits per heavy atom. The molecule has 0 aliphatic rings. The van der Waals surface area contributed by atoms with Crippen molar-refractivity contribution in [3.05, 3.63) is 140 Å². The molecule has 6 rings (SSSR count). The molecule has 1 heteroatoms. The van der Waals surface area contributed by atoms with Crippen LogP contribution in [0, 0.1) is 0 Å². The molecule has 0 atom stereocenters. The zero-order valence-electron chi connectivity index (χ0n) is 18.2. The van der Waals surface area contributed by atoms with Crippen LogP contribution in [0.15, 0.2) is 140 Å². The maximum atomic E-state index is 2.37. The van der Waals surface area contributed by atoms with Crippen molar-refractivity contribution in [1.29, 1.82) is 0 Å². The van der Waals surface area contributed by atoms with Crippen LogP contribution in [0.2, 0.25) is 0 Å². The van der Waals surface area contributed by atoms with Gasteiger partial charge in [-0.25, -0.2) is 0 Å². The topological polar surface area (TPSA) is 0 Å². The molecule has 0 nitrogen and oxygen atoms in total. The molecule has 0 saturated heterocycles. The zero-order valence-corrected chi connectivity index (χ0v) is 19.1. The van der Waals surface area contributed by atoms with Gasteiger partial charge in [-0.2, -0.15) is 0 Å². The highest BCUT2D eigenvalue weighted by atomic mass is 31.1. The molecule has 0 saturated carbocycles. The molecule has 0 fully saturated rings. The Morgan fingerprint density at radius 3 is 1.55 bits per heavy atom. The van der Waals surface area contributed by atoms with Crippen LogP contribution in [0.5, 0.6) is 0 Å². The molecular formula is C32H23P. The van der Waals surface area contributed by atoms with Gasteiger partial charge < -0.3 is 0 Å². The van der Waals surface area contributed by atoms with Crippen molar-refractivity contribution in [2.45, 2.75) is 0 Å². The summed E-state index contributed by atoms with van der Waals surface area (Å²) in [5.41, 5.74) is 2.66. The Kier molecular flexibility index (Phi) is 5.23. The SMILES string of the molecule is c1ccc(P(c2ccccc2)c2ccc3ccccc3c2-c2cccc3ccccc23)cc1. The fourth-order valence-electron chi connectivity index (χ4n) is 4.75. The molecule has 0 aliphatic carbocycles. The minimum Gasteiger partial charge on any atom is -0.0622 e. The number of rotatable bonds is 4. The Balaban J connectivity index is 1.73. The quantitative estimate of drug-likeness (QED) is 0.251. The molecule has 0 aliphatic heterocycles. The first-order valence-corrected chi connectivity index (χ1v) is 12.6. The van der Waals surface area contributed by atoms with E-state index in [0.717, 1.165) is 0 Å². The van der Waals surface area contributed by atoms with Gasteiger partial charge in [0.05, 0.1) is 0 Å². The van der Waals surface area contributed by atoms with Crippen LogP contribution < -0.4 is 15.9 Å². The fourth-order valence-corrected chi connectivity index (χ4v) is 7.24. The Bertz CT molecular complexity index is 1510. The van der Waals surface area contributed by atoms with E-state index in [0.29, 0.717) is 0 Å². The summed E-state index contributed by atoms with van der Waals surface area (Å²) in [7, 11) is -0.719. The van der Waals surface area contributed by atoms with Gasteiger partial charge in [-0.3, -0.25) is 0 Å². The van der Waals surface area contributed by atoms with Crippen molar-refractivity contribution in [2.24, 2.45) is 0 Å². The Hall–Kier alpha value is -3.73. The second kappa shape index (κ2) is 8.66. The summed E-state index contributed by atoms with van der Waals surface area (Å²) in [6.07, 6.45) is 0. The zero-order chi connectivity index (χ0) is 22.0. The summed E-state index contributed by atoms with van der Waals surface area (Å²) in [5, 5.41) is 9.31. The molecule has 0 aromatic heterocycles. The number of fused-ring (bicyclic) bond motifs is 2. The summed E-state index contributed by atoms with van der Waals surface area (Å²) in [6.45, 7) is 0. The van der Waals surface area contributed by atoms with Crippen molar-refractivity contribution in [3.8, 4) is 11.1 Å². The van der Waals surface area contributed by atoms with Crippen molar-refractivity contribution in [3.63, 3.8) is 0 Å². The van der Waals surface area contributed by atoms with Crippen molar-refractivity contribution < 1.29 is 0 Å². The van der Waals surface area contributed by atoms with E-state index in [9.17, 15) is 0 Å². The Morgan fingerprint density at radius 1 is 0.364 bits per heavy atom. The van der Waals surface area contributed by atoms with E-state index in [2.05, 4.69) is 140 Å². The van der Waals surface area contributed by atoms with Crippen LogP contribution in [0.3, 0.4) is 0 Å². The average molecular weight is 439 g/mol. The molecule has 0 heterocycles. The second-order valence-electron chi connectivity index (χ2n) is 8.21. The van der Waals surface area contributed by atoms with Gasteiger partial charge in [0.15, 0.2) is 0 Å². The largest absolute Gasteiger partial charge is 0.0622 e. The summed E-state index contributed by atoms with van der Waals surface area (Å²) in [4.78, 5) is 0. The lowest BCUT2D eigenvalue weighted by Gasteiger charge is -2.24. The van der Waals surface area contributed by atoms with E-state index in [1.807, 2.05) is 0 Å². The Labute approximate surface area is 195 Å². The van der Waals surface area contributed by atoms with E-state index in [1.165, 1.54) is 48.6 Å². The number of benzene rings is 6. The molecule has 0 amide bonds. The van der Waals surface area contributed by atoms with E-state index in [1.54, 1.807) is 0 Å². The fraction of sp³-hybridized carbons (Fsp3) is 0. The van der Waals surface area contributed by atoms with Gasteiger partial charge in [-0.05, 0) is 56.5 Å². The predicted octanol–water partition coefficient (Wildman–Crippen LogP) is 7.42. The van der Waals surface area contributed by atoms with Gasteiger partial charge in [0.2, 0.25) is 0 Å². The third-order valence-electron chi connectivity index (χ3n) is 6.24. The molecular weight excluding hydrogens is 415 g/mol. The lowest BCUT2D eigenvalue weighted by atomic mass is 9.94. The third kappa shape index (κ3) is 3.63. The van der Waals surface area contributed by atoms with Crippen LogP contribution in [0.1, 0.15) is 0 Å². The summed E-state index contributed by atoms with van der Waals surface area (Å²) >= 11 is 0. The molecule has 156 valence electrons. The minimum atomic E-state index is -0.719. The maximum Gasteiger partial charge on any atom is -0.00155 e. The van der Waals surface area contributed by atoms with E-state index in [4.69, 9.17) is 0 Å². The van der Waals surface area contributed by atoms with Crippen LogP contribution >= 0.6 is 7.92 Å². The van der Waals surface area contributed by atoms with E-state index < -0.39 is 7.92 Å². The van der Waals surface area contributed by atoms with E-state index in [-0.39, 0.29) is 0 Å². The van der Waals surface area contributed by atoms with Gasteiger partial charge in [-0.1, -0.05) is 140 Å². The first kappa shape index (κ1) is 19.9. The minimum absolute atomic E-state index is 0.719. The van der Waals surface area contributed by atoms with Gasteiger partial charge >= 0.3 is 0 Å². The van der Waals surface area contributed by atoms with Gasteiger partial charge in [-0.15, -0.1) is 0 Å². The van der Waals surface area contributed by atoms with Crippen LogP contribution in [0.4, 0.5) is 0 Å². The number of hydrogen-bond donors (Lipinski definition) is 0. The van der Waals surface area contributed by atoms with Crippen LogP contribution in [-0.4, -0.2) is 0 Å². The summed E-state index contributed by atoms with van der Waals surface area (Å²) < 4.78 is 0. The molecule has 0 bridgehead atoms. The first-order valence-electron chi connectivity index (χ1n) is 11.3. The van der Waals surface area contributed by atoms with Crippen LogP contribution in [0.25, 0.3) is 32.7 Å². The summed E-state index contributed by atoms with van der Waals surface area (Å²) in [5.74, 6) is 0. The van der Waals surface area contributed by atoms with Gasteiger partial charge in [0.25, 0.3) is 0 Å². The lowest BCUT2D eigenvalue weighted by Crippen LogP contribution is -2.22. The van der Waals surface area contributed by atoms with Gasteiger partial charge in [0.1, 0.15) is 0 Å². The molecule has 0 N–H and O–H groups in total. The van der Waals surface area contributed by atoms with Crippen molar-refractivity contribution in [1.82, 2.24) is 0 Å². The second-order valence-corrected chi connectivity index (χ2v) is 10.4. The smallest absolute Gasteiger partial charge is 0.00155 e. The van der Waals surface area contributed by atoms with E-state index >= 15 is 0 Å². The standard InChI is InChI=1S/C32H23P/c1-3-15-26(16-4-1)33(27-17-5-2-6-18-27)31-23-22-25-13-8-10-20-29(25)32(31)30-21-11-14-24-12-7-9-19-28(24)30/h1-23H. The highest BCUT2D eigenvalue weighted by Crippen LogP contribution is 2.41. The molecule has 6 aromatic carbocycles. The maximum absolute atomic E-state index is 2.37.